The van der Waals surface area contributed by atoms with E-state index in [1.54, 1.807) is 30.5 Å². The molecule has 5 heteroatoms. The van der Waals surface area contributed by atoms with Gasteiger partial charge in [0.1, 0.15) is 5.82 Å². The second-order valence-electron chi connectivity index (χ2n) is 5.15. The van der Waals surface area contributed by atoms with Crippen molar-refractivity contribution < 1.29 is 4.79 Å². The van der Waals surface area contributed by atoms with Gasteiger partial charge in [-0.3, -0.25) is 4.79 Å². The third-order valence-corrected chi connectivity index (χ3v) is 3.34. The van der Waals surface area contributed by atoms with Crippen LogP contribution in [0, 0.1) is 6.92 Å². The van der Waals surface area contributed by atoms with E-state index in [0.717, 1.165) is 11.3 Å². The van der Waals surface area contributed by atoms with Crippen molar-refractivity contribution in [2.75, 3.05) is 11.1 Å². The Morgan fingerprint density at radius 3 is 2.70 bits per heavy atom. The number of nitrogens with one attached hydrogen (secondary N) is 1. The molecule has 0 aliphatic carbocycles. The number of benzene rings is 2. The maximum atomic E-state index is 12.3. The van der Waals surface area contributed by atoms with Crippen molar-refractivity contribution in [3.63, 3.8) is 0 Å². The molecule has 0 saturated heterocycles. The standard InChI is InChI=1S/C18H16N4O/c1-12-20-9-8-17(21-12)13-4-3-7-16(11-13)22-18(23)14-5-2-6-15(19)10-14/h2-11H,19H2,1H3,(H,22,23). The van der Waals surface area contributed by atoms with E-state index in [9.17, 15) is 4.79 Å². The minimum atomic E-state index is -0.201. The highest BCUT2D eigenvalue weighted by Crippen LogP contribution is 2.21. The third kappa shape index (κ3) is 3.52. The lowest BCUT2D eigenvalue weighted by Crippen LogP contribution is -2.12. The fourth-order valence-electron chi connectivity index (χ4n) is 2.26. The van der Waals surface area contributed by atoms with E-state index in [1.807, 2.05) is 37.3 Å². The van der Waals surface area contributed by atoms with Gasteiger partial charge in [-0.1, -0.05) is 18.2 Å². The van der Waals surface area contributed by atoms with E-state index < -0.39 is 0 Å². The summed E-state index contributed by atoms with van der Waals surface area (Å²) in [5, 5.41) is 2.87. The van der Waals surface area contributed by atoms with Crippen molar-refractivity contribution in [1.29, 1.82) is 0 Å². The highest BCUT2D eigenvalue weighted by molar-refractivity contribution is 6.05. The zero-order chi connectivity index (χ0) is 16.2. The number of hydrogen-bond acceptors (Lipinski definition) is 4. The Kier molecular flexibility index (Phi) is 4.01. The highest BCUT2D eigenvalue weighted by Gasteiger charge is 2.07. The summed E-state index contributed by atoms with van der Waals surface area (Å²) in [5.41, 5.74) is 9.22. The number of rotatable bonds is 3. The molecule has 0 radical (unpaired) electrons. The summed E-state index contributed by atoms with van der Waals surface area (Å²) >= 11 is 0. The quantitative estimate of drug-likeness (QED) is 0.728. The van der Waals surface area contributed by atoms with Gasteiger partial charge < -0.3 is 11.1 Å². The van der Waals surface area contributed by atoms with Gasteiger partial charge in [-0.15, -0.1) is 0 Å². The van der Waals surface area contributed by atoms with Crippen LogP contribution < -0.4 is 11.1 Å². The van der Waals surface area contributed by atoms with Crippen molar-refractivity contribution in [1.82, 2.24) is 9.97 Å². The molecule has 0 atom stereocenters. The molecule has 23 heavy (non-hydrogen) atoms. The first-order valence-electron chi connectivity index (χ1n) is 7.19. The Hall–Kier alpha value is -3.21. The Balaban J connectivity index is 1.84. The number of aromatic nitrogens is 2. The largest absolute Gasteiger partial charge is 0.399 e. The van der Waals surface area contributed by atoms with Crippen LogP contribution in [0.3, 0.4) is 0 Å². The summed E-state index contributed by atoms with van der Waals surface area (Å²) in [4.78, 5) is 20.8. The van der Waals surface area contributed by atoms with E-state index in [-0.39, 0.29) is 5.91 Å². The lowest BCUT2D eigenvalue weighted by molar-refractivity contribution is 0.102. The van der Waals surface area contributed by atoms with Crippen LogP contribution >= 0.6 is 0 Å². The summed E-state index contributed by atoms with van der Waals surface area (Å²) in [6.07, 6.45) is 1.72. The number of amides is 1. The van der Waals surface area contributed by atoms with Gasteiger partial charge in [-0.25, -0.2) is 9.97 Å². The summed E-state index contributed by atoms with van der Waals surface area (Å²) in [6, 6.07) is 16.2. The van der Waals surface area contributed by atoms with E-state index in [1.165, 1.54) is 0 Å². The summed E-state index contributed by atoms with van der Waals surface area (Å²) in [5.74, 6) is 0.505. The first kappa shape index (κ1) is 14.7. The number of carbonyl (C=O) groups is 1. The molecule has 0 unspecified atom stereocenters. The van der Waals surface area contributed by atoms with Gasteiger partial charge in [0.2, 0.25) is 0 Å². The van der Waals surface area contributed by atoms with Gasteiger partial charge in [-0.2, -0.15) is 0 Å². The van der Waals surface area contributed by atoms with Crippen LogP contribution in [0.4, 0.5) is 11.4 Å². The predicted octanol–water partition coefficient (Wildman–Crippen LogP) is 3.29. The second-order valence-corrected chi connectivity index (χ2v) is 5.15. The van der Waals surface area contributed by atoms with Crippen LogP contribution in [-0.2, 0) is 0 Å². The lowest BCUT2D eigenvalue weighted by Gasteiger charge is -2.08. The second kappa shape index (κ2) is 6.27. The number of nitrogen functional groups attached to an aromatic ring is 1. The highest BCUT2D eigenvalue weighted by atomic mass is 16.1. The van der Waals surface area contributed by atoms with Crippen LogP contribution in [0.25, 0.3) is 11.3 Å². The number of nitrogens with two attached hydrogens (primary N) is 1. The molecule has 0 saturated carbocycles. The summed E-state index contributed by atoms with van der Waals surface area (Å²) in [7, 11) is 0. The minimum Gasteiger partial charge on any atom is -0.399 e. The van der Waals surface area contributed by atoms with Gasteiger partial charge in [0.05, 0.1) is 5.69 Å². The van der Waals surface area contributed by atoms with Gasteiger partial charge in [0.25, 0.3) is 5.91 Å². The van der Waals surface area contributed by atoms with Crippen LogP contribution in [0.5, 0.6) is 0 Å². The van der Waals surface area contributed by atoms with E-state index in [2.05, 4.69) is 15.3 Å². The Labute approximate surface area is 134 Å². The van der Waals surface area contributed by atoms with E-state index in [4.69, 9.17) is 5.73 Å². The number of carbonyl (C=O) groups excluding carboxylic acids is 1. The molecule has 3 rings (SSSR count). The molecule has 5 nitrogen and oxygen atoms in total. The van der Waals surface area contributed by atoms with Crippen molar-refractivity contribution in [3.8, 4) is 11.3 Å². The Morgan fingerprint density at radius 1 is 1.09 bits per heavy atom. The molecule has 114 valence electrons. The molecule has 0 bridgehead atoms. The van der Waals surface area contributed by atoms with E-state index >= 15 is 0 Å². The number of hydrogen-bond donors (Lipinski definition) is 2. The van der Waals surface area contributed by atoms with Gasteiger partial charge in [-0.05, 0) is 43.3 Å². The smallest absolute Gasteiger partial charge is 0.255 e. The Bertz CT molecular complexity index is 861. The minimum absolute atomic E-state index is 0.201. The maximum Gasteiger partial charge on any atom is 0.255 e. The van der Waals surface area contributed by atoms with Crippen LogP contribution in [0.1, 0.15) is 16.2 Å². The zero-order valence-corrected chi connectivity index (χ0v) is 12.7. The first-order valence-corrected chi connectivity index (χ1v) is 7.19. The van der Waals surface area contributed by atoms with Gasteiger partial charge in [0, 0.05) is 28.7 Å². The average Bonchev–Trinajstić information content (AvgIpc) is 2.55. The van der Waals surface area contributed by atoms with Crippen LogP contribution in [-0.4, -0.2) is 15.9 Å². The number of aryl methyl sites for hydroxylation is 1. The van der Waals surface area contributed by atoms with Crippen molar-refractivity contribution in [3.05, 3.63) is 72.2 Å². The molecule has 0 aliphatic heterocycles. The molecular formula is C18H16N4O. The maximum absolute atomic E-state index is 12.3. The molecule has 0 aliphatic rings. The zero-order valence-electron chi connectivity index (χ0n) is 12.7. The van der Waals surface area contributed by atoms with Crippen molar-refractivity contribution in [2.24, 2.45) is 0 Å². The molecule has 1 heterocycles. The Morgan fingerprint density at radius 2 is 1.91 bits per heavy atom. The van der Waals surface area contributed by atoms with Gasteiger partial charge >= 0.3 is 0 Å². The molecule has 1 aromatic heterocycles. The third-order valence-electron chi connectivity index (χ3n) is 3.34. The number of anilines is 2. The molecular weight excluding hydrogens is 288 g/mol. The topological polar surface area (TPSA) is 80.9 Å². The SMILES string of the molecule is Cc1nccc(-c2cccc(NC(=O)c3cccc(N)c3)c2)n1. The van der Waals surface area contributed by atoms with Crippen LogP contribution in [0.2, 0.25) is 0 Å². The number of nitrogens with zero attached hydrogens (tertiary/aromatic N) is 2. The first-order chi connectivity index (χ1) is 11.1. The van der Waals surface area contributed by atoms with E-state index in [0.29, 0.717) is 22.8 Å². The molecule has 2 aromatic carbocycles. The molecule has 0 spiro atoms. The summed E-state index contributed by atoms with van der Waals surface area (Å²) < 4.78 is 0. The van der Waals surface area contributed by atoms with Gasteiger partial charge in [0.15, 0.2) is 0 Å². The molecule has 0 fully saturated rings. The van der Waals surface area contributed by atoms with Crippen molar-refractivity contribution >= 4 is 17.3 Å². The molecule has 3 N–H and O–H groups in total. The normalized spacial score (nSPS) is 10.3. The monoisotopic (exact) mass is 304 g/mol. The van der Waals surface area contributed by atoms with Crippen molar-refractivity contribution in [2.45, 2.75) is 6.92 Å². The lowest BCUT2D eigenvalue weighted by atomic mass is 10.1. The molecule has 1 amide bonds. The summed E-state index contributed by atoms with van der Waals surface area (Å²) in [6.45, 7) is 1.84. The molecule has 3 aromatic rings. The predicted molar refractivity (Wildman–Crippen MR) is 91.0 cm³/mol. The fraction of sp³-hybridized carbons (Fsp3) is 0.0556. The average molecular weight is 304 g/mol. The fourth-order valence-corrected chi connectivity index (χ4v) is 2.26. The van der Waals surface area contributed by atoms with Crippen LogP contribution in [0.15, 0.2) is 60.8 Å².